The number of furan rings is 1. The first-order chi connectivity index (χ1) is 15.1. The Bertz CT molecular complexity index is 999. The molecule has 9 heteroatoms. The number of amides is 2. The molecule has 1 aliphatic carbocycles. The van der Waals surface area contributed by atoms with Crippen LogP contribution < -0.4 is 10.6 Å². The lowest BCUT2D eigenvalue weighted by atomic mass is 9.94. The molecule has 0 radical (unpaired) electrons. The Morgan fingerprint density at radius 1 is 1.39 bits per heavy atom. The van der Waals surface area contributed by atoms with Crippen LogP contribution in [0.4, 0.5) is 9.80 Å². The van der Waals surface area contributed by atoms with Gasteiger partial charge < -0.3 is 24.5 Å². The molecule has 2 amide bonds. The predicted octanol–water partition coefficient (Wildman–Crippen LogP) is 3.63. The van der Waals surface area contributed by atoms with Gasteiger partial charge in [0.15, 0.2) is 0 Å². The summed E-state index contributed by atoms with van der Waals surface area (Å²) in [5, 5.41) is 15.7. The molecule has 0 saturated carbocycles. The highest BCUT2D eigenvalue weighted by Crippen LogP contribution is 2.38. The van der Waals surface area contributed by atoms with E-state index in [1.165, 1.54) is 23.7 Å². The monoisotopic (exact) mass is 441 g/mol. The number of nitriles is 1. The second kappa shape index (κ2) is 9.81. The van der Waals surface area contributed by atoms with Gasteiger partial charge in [-0.05, 0) is 49.5 Å². The Balaban J connectivity index is 1.34. The van der Waals surface area contributed by atoms with E-state index in [9.17, 15) is 14.9 Å². The summed E-state index contributed by atoms with van der Waals surface area (Å²) in [6.45, 7) is 1.19. The highest BCUT2D eigenvalue weighted by molar-refractivity contribution is 7.16. The van der Waals surface area contributed by atoms with E-state index < -0.39 is 6.09 Å². The summed E-state index contributed by atoms with van der Waals surface area (Å²) in [4.78, 5) is 25.3. The van der Waals surface area contributed by atoms with Gasteiger partial charge in [-0.3, -0.25) is 4.79 Å². The van der Waals surface area contributed by atoms with E-state index in [0.717, 1.165) is 29.9 Å². The minimum atomic E-state index is -0.447. The Hall–Kier alpha value is -3.09. The molecule has 2 unspecified atom stereocenters. The third-order valence-corrected chi connectivity index (χ3v) is 6.45. The fourth-order valence-corrected chi connectivity index (χ4v) is 5.02. The zero-order chi connectivity index (χ0) is 21.6. The molecule has 2 atom stereocenters. The molecule has 2 N–H and O–H groups in total. The lowest BCUT2D eigenvalue weighted by molar-refractivity contribution is -0.111. The molecule has 0 aromatic carbocycles. The largest absolute Gasteiger partial charge is 0.465 e. The van der Waals surface area contributed by atoms with Crippen molar-refractivity contribution < 1.29 is 23.5 Å². The number of hydrogen-bond donors (Lipinski definition) is 2. The van der Waals surface area contributed by atoms with Gasteiger partial charge in [-0.15, -0.1) is 11.3 Å². The lowest BCUT2D eigenvalue weighted by Crippen LogP contribution is -2.36. The van der Waals surface area contributed by atoms with Crippen LogP contribution in [-0.4, -0.2) is 37.4 Å². The molecule has 2 aromatic heterocycles. The highest BCUT2D eigenvalue weighted by atomic mass is 32.1. The van der Waals surface area contributed by atoms with Crippen molar-refractivity contribution in [3.8, 4) is 6.07 Å². The molecule has 1 fully saturated rings. The average molecular weight is 442 g/mol. The van der Waals surface area contributed by atoms with Gasteiger partial charge in [-0.1, -0.05) is 0 Å². The zero-order valence-electron chi connectivity index (χ0n) is 16.9. The Morgan fingerprint density at radius 2 is 2.29 bits per heavy atom. The first-order valence-electron chi connectivity index (χ1n) is 10.3. The van der Waals surface area contributed by atoms with Crippen molar-refractivity contribution in [1.29, 1.82) is 5.26 Å². The topological polar surface area (TPSA) is 114 Å². The van der Waals surface area contributed by atoms with E-state index in [2.05, 4.69) is 16.7 Å². The molecule has 31 heavy (non-hydrogen) atoms. The minimum Gasteiger partial charge on any atom is -0.465 e. The Labute approximate surface area is 183 Å². The van der Waals surface area contributed by atoms with Crippen LogP contribution in [0.1, 0.15) is 41.0 Å². The van der Waals surface area contributed by atoms with Crippen molar-refractivity contribution in [2.45, 2.75) is 44.3 Å². The SMILES string of the molecule is N#Cc1c(NC(=O)C=Cc2ccco2)sc2c1CCC(OC(=O)NCC1CCCO1)C2. The van der Waals surface area contributed by atoms with Crippen LogP contribution in [0.3, 0.4) is 0 Å². The van der Waals surface area contributed by atoms with Crippen molar-refractivity contribution in [2.75, 3.05) is 18.5 Å². The number of anilines is 1. The van der Waals surface area contributed by atoms with Crippen molar-refractivity contribution in [3.63, 3.8) is 0 Å². The molecular formula is C22H23N3O5S. The summed E-state index contributed by atoms with van der Waals surface area (Å²) >= 11 is 1.36. The number of rotatable bonds is 6. The Morgan fingerprint density at radius 3 is 3.03 bits per heavy atom. The maximum Gasteiger partial charge on any atom is 0.407 e. The molecule has 2 aromatic rings. The second-order valence-electron chi connectivity index (χ2n) is 7.44. The molecule has 1 saturated heterocycles. The average Bonchev–Trinajstić information content (AvgIpc) is 3.51. The van der Waals surface area contributed by atoms with Gasteiger partial charge in [-0.2, -0.15) is 5.26 Å². The van der Waals surface area contributed by atoms with Crippen LogP contribution in [0.5, 0.6) is 0 Å². The van der Waals surface area contributed by atoms with Gasteiger partial charge in [0, 0.05) is 30.5 Å². The molecule has 0 bridgehead atoms. The van der Waals surface area contributed by atoms with E-state index in [1.807, 2.05) is 0 Å². The summed E-state index contributed by atoms with van der Waals surface area (Å²) in [7, 11) is 0. The molecule has 0 spiro atoms. The van der Waals surface area contributed by atoms with Gasteiger partial charge in [-0.25, -0.2) is 4.79 Å². The lowest BCUT2D eigenvalue weighted by Gasteiger charge is -2.23. The number of thiophene rings is 1. The number of carbonyl (C=O) groups is 2. The molecule has 162 valence electrons. The Kier molecular flexibility index (Phi) is 6.70. The summed E-state index contributed by atoms with van der Waals surface area (Å²) in [6.07, 6.45) is 7.57. The van der Waals surface area contributed by atoms with E-state index in [1.54, 1.807) is 18.2 Å². The molecular weight excluding hydrogens is 418 g/mol. The number of nitrogens with zero attached hydrogens (tertiary/aromatic N) is 1. The summed E-state index contributed by atoms with van der Waals surface area (Å²) in [6, 6.07) is 5.68. The number of carbonyl (C=O) groups excluding carboxylic acids is 2. The number of hydrogen-bond acceptors (Lipinski definition) is 7. The van der Waals surface area contributed by atoms with Gasteiger partial charge in [0.25, 0.3) is 0 Å². The quantitative estimate of drug-likeness (QED) is 0.662. The smallest absolute Gasteiger partial charge is 0.407 e. The summed E-state index contributed by atoms with van der Waals surface area (Å²) in [5.41, 5.74) is 1.42. The molecule has 3 heterocycles. The fraction of sp³-hybridized carbons (Fsp3) is 0.409. The molecule has 1 aliphatic heterocycles. The van der Waals surface area contributed by atoms with Crippen molar-refractivity contribution >= 4 is 34.4 Å². The zero-order valence-corrected chi connectivity index (χ0v) is 17.7. The standard InChI is InChI=1S/C22H23N3O5S/c23-12-18-17-7-5-15(30-22(27)24-13-16-4-2-10-29-16)11-19(17)31-21(18)25-20(26)8-6-14-3-1-9-28-14/h1,3,6,8-9,15-16H,2,4-5,7,10-11,13H2,(H,24,27)(H,25,26). The van der Waals surface area contributed by atoms with E-state index in [0.29, 0.717) is 42.1 Å². The van der Waals surface area contributed by atoms with Crippen molar-refractivity contribution in [2.24, 2.45) is 0 Å². The van der Waals surface area contributed by atoms with Crippen molar-refractivity contribution in [1.82, 2.24) is 5.32 Å². The summed E-state index contributed by atoms with van der Waals surface area (Å²) < 4.78 is 16.2. The van der Waals surface area contributed by atoms with E-state index >= 15 is 0 Å². The van der Waals surface area contributed by atoms with Gasteiger partial charge in [0.1, 0.15) is 22.9 Å². The maximum absolute atomic E-state index is 12.2. The fourth-order valence-electron chi connectivity index (χ4n) is 3.76. The number of alkyl carbamates (subject to hydrolysis) is 1. The second-order valence-corrected chi connectivity index (χ2v) is 8.55. The number of nitrogens with one attached hydrogen (secondary N) is 2. The van der Waals surface area contributed by atoms with Gasteiger partial charge >= 0.3 is 6.09 Å². The van der Waals surface area contributed by atoms with Gasteiger partial charge in [0.2, 0.25) is 5.91 Å². The first-order valence-corrected chi connectivity index (χ1v) is 11.1. The highest BCUT2D eigenvalue weighted by Gasteiger charge is 2.28. The van der Waals surface area contributed by atoms with Gasteiger partial charge in [0.05, 0.1) is 17.9 Å². The van der Waals surface area contributed by atoms with Crippen LogP contribution in [0.2, 0.25) is 0 Å². The van der Waals surface area contributed by atoms with Crippen LogP contribution in [0, 0.1) is 11.3 Å². The number of ether oxygens (including phenoxy) is 2. The molecule has 2 aliphatic rings. The maximum atomic E-state index is 12.2. The third-order valence-electron chi connectivity index (χ3n) is 5.28. The van der Waals surface area contributed by atoms with Crippen LogP contribution in [0.25, 0.3) is 6.08 Å². The van der Waals surface area contributed by atoms with Crippen LogP contribution in [-0.2, 0) is 27.1 Å². The van der Waals surface area contributed by atoms with Crippen molar-refractivity contribution in [3.05, 3.63) is 46.2 Å². The number of fused-ring (bicyclic) bond motifs is 1. The van der Waals surface area contributed by atoms with E-state index in [-0.39, 0.29) is 18.1 Å². The predicted molar refractivity (Wildman–Crippen MR) is 115 cm³/mol. The normalized spacial score (nSPS) is 20.2. The van der Waals surface area contributed by atoms with Crippen LogP contribution in [0.15, 0.2) is 28.9 Å². The first kappa shape index (κ1) is 21.2. The minimum absolute atomic E-state index is 0.0639. The third kappa shape index (κ3) is 5.34. The molecule has 8 nitrogen and oxygen atoms in total. The molecule has 4 rings (SSSR count). The van der Waals surface area contributed by atoms with E-state index in [4.69, 9.17) is 13.9 Å². The van der Waals surface area contributed by atoms with Crippen LogP contribution >= 0.6 is 11.3 Å². The summed E-state index contributed by atoms with van der Waals surface area (Å²) in [5.74, 6) is 0.228.